The van der Waals surface area contributed by atoms with Gasteiger partial charge in [-0.05, 0) is 49.6 Å². The second-order valence-corrected chi connectivity index (χ2v) is 10.6. The van der Waals surface area contributed by atoms with Gasteiger partial charge in [-0.1, -0.05) is 6.07 Å². The number of amides is 1. The molecule has 1 atom stereocenters. The van der Waals surface area contributed by atoms with E-state index in [0.29, 0.717) is 24.9 Å². The highest BCUT2D eigenvalue weighted by atomic mass is 32.2. The molecule has 1 aromatic heterocycles. The number of carbonyl (C=O) groups excluding carboxylic acids is 1. The highest BCUT2D eigenvalue weighted by Gasteiger charge is 2.34. The van der Waals surface area contributed by atoms with Crippen molar-refractivity contribution in [3.63, 3.8) is 0 Å². The number of nitrogens with zero attached hydrogens (tertiary/aromatic N) is 1. The Kier molecular flexibility index (Phi) is 7.50. The normalized spacial score (nSPS) is 17.5. The maximum atomic E-state index is 12.9. The van der Waals surface area contributed by atoms with Crippen LogP contribution >= 0.6 is 11.3 Å². The largest absolute Gasteiger partial charge is 0.493 e. The van der Waals surface area contributed by atoms with Gasteiger partial charge in [0.25, 0.3) is 10.0 Å². The molecular formula is C20H24F2N2O5S2. The fourth-order valence-corrected chi connectivity index (χ4v) is 6.36. The zero-order valence-electron chi connectivity index (χ0n) is 17.1. The van der Waals surface area contributed by atoms with Crippen molar-refractivity contribution in [1.82, 2.24) is 9.62 Å². The van der Waals surface area contributed by atoms with Crippen LogP contribution in [0.25, 0.3) is 0 Å². The van der Waals surface area contributed by atoms with Gasteiger partial charge in [0.1, 0.15) is 4.21 Å². The number of nitrogens with one attached hydrogen (secondary N) is 1. The molecule has 11 heteroatoms. The van der Waals surface area contributed by atoms with Crippen molar-refractivity contribution in [2.75, 3.05) is 20.2 Å². The van der Waals surface area contributed by atoms with E-state index in [-0.39, 0.29) is 34.7 Å². The smallest absolute Gasteiger partial charge is 0.387 e. The molecule has 170 valence electrons. The van der Waals surface area contributed by atoms with Crippen molar-refractivity contribution in [2.24, 2.45) is 5.92 Å². The number of carbonyl (C=O) groups is 1. The molecule has 31 heavy (non-hydrogen) atoms. The van der Waals surface area contributed by atoms with Crippen LogP contribution in [0.5, 0.6) is 11.5 Å². The third-order valence-corrected chi connectivity index (χ3v) is 8.31. The summed E-state index contributed by atoms with van der Waals surface area (Å²) in [7, 11) is -2.28. The van der Waals surface area contributed by atoms with Gasteiger partial charge in [0.2, 0.25) is 5.91 Å². The molecule has 2 heterocycles. The summed E-state index contributed by atoms with van der Waals surface area (Å²) >= 11 is 1.21. The van der Waals surface area contributed by atoms with Crippen LogP contribution in [0.3, 0.4) is 0 Å². The van der Waals surface area contributed by atoms with Crippen LogP contribution in [0, 0.1) is 12.8 Å². The van der Waals surface area contributed by atoms with Crippen molar-refractivity contribution in [3.8, 4) is 11.5 Å². The number of hydrogen-bond acceptors (Lipinski definition) is 6. The monoisotopic (exact) mass is 474 g/mol. The zero-order valence-corrected chi connectivity index (χ0v) is 18.8. The van der Waals surface area contributed by atoms with Crippen LogP contribution in [0.4, 0.5) is 8.78 Å². The van der Waals surface area contributed by atoms with Crippen LogP contribution in [-0.4, -0.2) is 45.4 Å². The molecule has 2 aromatic rings. The second-order valence-electron chi connectivity index (χ2n) is 7.15. The molecule has 0 bridgehead atoms. The highest BCUT2D eigenvalue weighted by molar-refractivity contribution is 7.91. The Hall–Kier alpha value is -2.24. The van der Waals surface area contributed by atoms with Crippen molar-refractivity contribution in [3.05, 3.63) is 40.8 Å². The molecule has 7 nitrogen and oxygen atoms in total. The van der Waals surface area contributed by atoms with Crippen LogP contribution in [0.15, 0.2) is 34.5 Å². The molecule has 1 fully saturated rings. The second kappa shape index (κ2) is 9.92. The van der Waals surface area contributed by atoms with E-state index in [1.165, 1.54) is 34.9 Å². The quantitative estimate of drug-likeness (QED) is 0.634. The highest BCUT2D eigenvalue weighted by Crippen LogP contribution is 2.30. The van der Waals surface area contributed by atoms with Crippen molar-refractivity contribution in [2.45, 2.75) is 37.1 Å². The molecule has 1 saturated heterocycles. The standard InChI is InChI=1S/C20H24F2N2O5S2/c1-13-5-8-18(30-13)31(26,27)24-9-3-4-15(12-24)19(25)23-11-14-6-7-16(29-20(21)22)17(10-14)28-2/h5-8,10,15,20H,3-4,9,11-12H2,1-2H3,(H,23,25). The lowest BCUT2D eigenvalue weighted by atomic mass is 9.98. The molecule has 0 radical (unpaired) electrons. The average Bonchev–Trinajstić information content (AvgIpc) is 3.19. The van der Waals surface area contributed by atoms with Crippen LogP contribution in [-0.2, 0) is 21.4 Å². The van der Waals surface area contributed by atoms with Gasteiger partial charge < -0.3 is 14.8 Å². The summed E-state index contributed by atoms with van der Waals surface area (Å²) in [6.07, 6.45) is 1.18. The van der Waals surface area contributed by atoms with Gasteiger partial charge >= 0.3 is 6.61 Å². The Bertz CT molecular complexity index is 1030. The van der Waals surface area contributed by atoms with E-state index in [4.69, 9.17) is 4.74 Å². The lowest BCUT2D eigenvalue weighted by molar-refractivity contribution is -0.126. The van der Waals surface area contributed by atoms with E-state index in [1.54, 1.807) is 18.2 Å². The minimum atomic E-state index is -3.62. The molecule has 1 amide bonds. The molecule has 1 unspecified atom stereocenters. The molecule has 0 saturated carbocycles. The van der Waals surface area contributed by atoms with Gasteiger partial charge in [-0.2, -0.15) is 13.1 Å². The van der Waals surface area contributed by atoms with Gasteiger partial charge in [-0.15, -0.1) is 11.3 Å². The summed E-state index contributed by atoms with van der Waals surface area (Å²) in [6.45, 7) is -0.473. The van der Waals surface area contributed by atoms with E-state index in [1.807, 2.05) is 6.92 Å². The number of aryl methyl sites for hydroxylation is 1. The van der Waals surface area contributed by atoms with E-state index in [9.17, 15) is 22.0 Å². The number of ether oxygens (including phenoxy) is 2. The number of halogens is 2. The molecule has 3 rings (SSSR count). The number of alkyl halides is 2. The summed E-state index contributed by atoms with van der Waals surface area (Å²) < 4.78 is 61.7. The van der Waals surface area contributed by atoms with E-state index in [0.717, 1.165) is 4.88 Å². The van der Waals surface area contributed by atoms with Crippen LogP contribution in [0.1, 0.15) is 23.3 Å². The molecule has 1 aliphatic heterocycles. The maximum absolute atomic E-state index is 12.9. The first-order valence-electron chi connectivity index (χ1n) is 9.66. The molecule has 0 aliphatic carbocycles. The number of methoxy groups -OCH3 is 1. The van der Waals surface area contributed by atoms with E-state index in [2.05, 4.69) is 10.1 Å². The average molecular weight is 475 g/mol. The van der Waals surface area contributed by atoms with Gasteiger partial charge in [0, 0.05) is 24.5 Å². The SMILES string of the molecule is COc1cc(CNC(=O)C2CCCN(S(=O)(=O)c3ccc(C)s3)C2)ccc1OC(F)F. The van der Waals surface area contributed by atoms with Gasteiger partial charge in [-0.25, -0.2) is 8.42 Å². The molecule has 1 aliphatic rings. The fraction of sp³-hybridized carbons (Fsp3) is 0.450. The van der Waals surface area contributed by atoms with Crippen molar-refractivity contribution in [1.29, 1.82) is 0 Å². The predicted octanol–water partition coefficient (Wildman–Crippen LogP) is 3.38. The Morgan fingerprint density at radius 3 is 2.71 bits per heavy atom. The zero-order chi connectivity index (χ0) is 22.6. The minimum absolute atomic E-state index is 0.0930. The van der Waals surface area contributed by atoms with E-state index >= 15 is 0 Å². The van der Waals surface area contributed by atoms with Crippen molar-refractivity contribution >= 4 is 27.3 Å². The number of sulfonamides is 1. The molecular weight excluding hydrogens is 450 g/mol. The summed E-state index contributed by atoms with van der Waals surface area (Å²) in [6, 6.07) is 7.77. The van der Waals surface area contributed by atoms with Gasteiger partial charge in [-0.3, -0.25) is 4.79 Å². The topological polar surface area (TPSA) is 84.9 Å². The van der Waals surface area contributed by atoms with Crippen LogP contribution < -0.4 is 14.8 Å². The Labute approximate surface area is 184 Å². The van der Waals surface area contributed by atoms with Crippen LogP contribution in [0.2, 0.25) is 0 Å². The summed E-state index contributed by atoms with van der Waals surface area (Å²) in [5, 5.41) is 2.79. The molecule has 0 spiro atoms. The summed E-state index contributed by atoms with van der Waals surface area (Å²) in [5.41, 5.74) is 0.640. The Morgan fingerprint density at radius 1 is 1.29 bits per heavy atom. The number of benzene rings is 1. The fourth-order valence-electron chi connectivity index (χ4n) is 3.40. The number of thiophene rings is 1. The van der Waals surface area contributed by atoms with Gasteiger partial charge in [0.05, 0.1) is 13.0 Å². The van der Waals surface area contributed by atoms with Gasteiger partial charge in [0.15, 0.2) is 11.5 Å². The number of rotatable bonds is 8. The first-order valence-corrected chi connectivity index (χ1v) is 11.9. The lowest BCUT2D eigenvalue weighted by Crippen LogP contribution is -2.45. The third kappa shape index (κ3) is 5.72. The first-order chi connectivity index (χ1) is 14.7. The first kappa shape index (κ1) is 23.4. The number of piperidine rings is 1. The minimum Gasteiger partial charge on any atom is -0.493 e. The lowest BCUT2D eigenvalue weighted by Gasteiger charge is -2.30. The van der Waals surface area contributed by atoms with E-state index < -0.39 is 22.6 Å². The van der Waals surface area contributed by atoms with Crippen molar-refractivity contribution < 1.29 is 31.5 Å². The predicted molar refractivity (Wildman–Crippen MR) is 112 cm³/mol. The maximum Gasteiger partial charge on any atom is 0.387 e. The molecule has 1 N–H and O–H groups in total. The Balaban J connectivity index is 1.62. The number of hydrogen-bond donors (Lipinski definition) is 1. The summed E-state index contributed by atoms with van der Waals surface area (Å²) in [5.74, 6) is -0.681. The Morgan fingerprint density at radius 2 is 2.06 bits per heavy atom. The summed E-state index contributed by atoms with van der Waals surface area (Å²) in [4.78, 5) is 13.6. The molecule has 1 aromatic carbocycles. The third-order valence-electron chi connectivity index (χ3n) is 4.98.